The van der Waals surface area contributed by atoms with Gasteiger partial charge in [0.1, 0.15) is 0 Å². The first-order valence-corrected chi connectivity index (χ1v) is 14.3. The average molecular weight is 510 g/mol. The van der Waals surface area contributed by atoms with Gasteiger partial charge in [0, 0.05) is 48.1 Å². The second kappa shape index (κ2) is 12.7. The predicted molar refractivity (Wildman–Crippen MR) is 153 cm³/mol. The summed E-state index contributed by atoms with van der Waals surface area (Å²) in [6.45, 7) is 17.7. The van der Waals surface area contributed by atoms with Crippen molar-refractivity contribution in [1.29, 1.82) is 0 Å². The third-order valence-corrected chi connectivity index (χ3v) is 9.33. The van der Waals surface area contributed by atoms with Crippen LogP contribution >= 0.6 is 0 Å². The molecular formula is C30H43N3O2S. The number of likely N-dealkylation sites (tertiary alicyclic amines) is 2. The lowest BCUT2D eigenvalue weighted by Crippen LogP contribution is -2.48. The number of nitrogens with two attached hydrogens (primary N) is 1. The van der Waals surface area contributed by atoms with Gasteiger partial charge >= 0.3 is 0 Å². The molecule has 5 nitrogen and oxygen atoms in total. The first-order valence-electron chi connectivity index (χ1n) is 13.1. The summed E-state index contributed by atoms with van der Waals surface area (Å²) in [4.78, 5) is 18.4. The van der Waals surface area contributed by atoms with Crippen molar-refractivity contribution in [3.8, 4) is 0 Å². The minimum atomic E-state index is -1.03. The molecule has 2 N–H and O–H groups in total. The molecule has 2 heterocycles. The van der Waals surface area contributed by atoms with E-state index in [1.165, 1.54) is 16.7 Å². The van der Waals surface area contributed by atoms with Crippen LogP contribution in [0.2, 0.25) is 0 Å². The molecule has 6 heteroatoms. The lowest BCUT2D eigenvalue weighted by Gasteiger charge is -2.41. The first kappa shape index (κ1) is 28.1. The lowest BCUT2D eigenvalue weighted by atomic mass is 9.92. The van der Waals surface area contributed by atoms with Gasteiger partial charge in [-0.25, -0.2) is 0 Å². The van der Waals surface area contributed by atoms with Gasteiger partial charge in [-0.1, -0.05) is 50.3 Å². The van der Waals surface area contributed by atoms with Gasteiger partial charge in [-0.05, 0) is 75.3 Å². The van der Waals surface area contributed by atoms with Crippen LogP contribution in [0.3, 0.4) is 0 Å². The number of carbonyl (C=O) groups excluding carboxylic acids is 1. The summed E-state index contributed by atoms with van der Waals surface area (Å²) in [5, 5.41) is 0.0809. The molecule has 1 amide bonds. The number of hydrogen-bond acceptors (Lipinski definition) is 4. The number of nitrogens with zero attached hydrogens (tertiary/aromatic N) is 2. The number of carbonyl (C=O) groups is 1. The Hall–Kier alpha value is -2.44. The molecule has 0 saturated carbocycles. The highest BCUT2D eigenvalue weighted by atomic mass is 32.2. The second-order valence-electron chi connectivity index (χ2n) is 10.3. The normalized spacial score (nSPS) is 19.5. The Labute approximate surface area is 220 Å². The zero-order valence-electron chi connectivity index (χ0n) is 22.7. The van der Waals surface area contributed by atoms with Crippen molar-refractivity contribution in [3.05, 3.63) is 75.8 Å². The van der Waals surface area contributed by atoms with Crippen LogP contribution in [-0.4, -0.2) is 57.4 Å². The number of nitrogen functional groups attached to an aromatic ring is 1. The number of hydrogen-bond donors (Lipinski definition) is 1. The molecule has 2 fully saturated rings. The maximum absolute atomic E-state index is 13.0. The van der Waals surface area contributed by atoms with Gasteiger partial charge in [-0.15, -0.1) is 0 Å². The second-order valence-corrected chi connectivity index (χ2v) is 12.3. The van der Waals surface area contributed by atoms with E-state index in [-0.39, 0.29) is 11.2 Å². The van der Waals surface area contributed by atoms with E-state index in [0.29, 0.717) is 17.3 Å². The van der Waals surface area contributed by atoms with Gasteiger partial charge in [-0.2, -0.15) is 0 Å². The molecular weight excluding hydrogens is 466 g/mol. The quantitative estimate of drug-likeness (QED) is 0.374. The van der Waals surface area contributed by atoms with Gasteiger partial charge in [0.05, 0.1) is 16.4 Å². The van der Waals surface area contributed by atoms with Crippen molar-refractivity contribution in [1.82, 2.24) is 9.80 Å². The molecule has 2 saturated heterocycles. The Kier molecular flexibility index (Phi) is 9.92. The molecule has 1 aromatic rings. The molecule has 0 spiro atoms. The topological polar surface area (TPSA) is 66.6 Å². The fourth-order valence-electron chi connectivity index (χ4n) is 5.11. The number of allylic oxidation sites excluding steroid dienone is 5. The molecule has 0 bridgehead atoms. The standard InChI is InChI=1S/C30H43N3O2S/c1-7-27(36(35)21(2)3)12-11-22(4)24(6)25-13-17-32(18-14-25)26-15-19-33(20-16-26)30(34)28-10-8-9-23(5)29(28)31/h7-12,21,26H,1,13-20,31H2,2-6H3/b22-11+,27-12+. The zero-order chi connectivity index (χ0) is 26.4. The van der Waals surface area contributed by atoms with E-state index < -0.39 is 10.8 Å². The Bertz CT molecular complexity index is 1080. The molecule has 36 heavy (non-hydrogen) atoms. The third kappa shape index (κ3) is 6.65. The van der Waals surface area contributed by atoms with E-state index in [1.807, 2.05) is 49.9 Å². The van der Waals surface area contributed by atoms with Crippen LogP contribution in [0.25, 0.3) is 0 Å². The summed E-state index contributed by atoms with van der Waals surface area (Å²) in [5.74, 6) is 0.0577. The van der Waals surface area contributed by atoms with Gasteiger partial charge < -0.3 is 10.6 Å². The van der Waals surface area contributed by atoms with E-state index in [2.05, 4.69) is 31.4 Å². The Balaban J connectivity index is 1.56. The van der Waals surface area contributed by atoms with Crippen LogP contribution in [0.4, 0.5) is 5.69 Å². The third-order valence-electron chi connectivity index (χ3n) is 7.71. The average Bonchev–Trinajstić information content (AvgIpc) is 2.89. The highest BCUT2D eigenvalue weighted by Crippen LogP contribution is 2.29. The molecule has 0 radical (unpaired) electrons. The van der Waals surface area contributed by atoms with Gasteiger partial charge in [0.25, 0.3) is 5.91 Å². The van der Waals surface area contributed by atoms with Crippen LogP contribution in [0, 0.1) is 6.92 Å². The van der Waals surface area contributed by atoms with E-state index >= 15 is 0 Å². The number of anilines is 1. The van der Waals surface area contributed by atoms with Crippen molar-refractivity contribution >= 4 is 22.4 Å². The number of benzene rings is 1. The Morgan fingerprint density at radius 2 is 1.75 bits per heavy atom. The zero-order valence-corrected chi connectivity index (χ0v) is 23.5. The summed E-state index contributed by atoms with van der Waals surface area (Å²) in [6, 6.07) is 6.23. The van der Waals surface area contributed by atoms with E-state index in [1.54, 1.807) is 6.08 Å². The van der Waals surface area contributed by atoms with Crippen LogP contribution in [0.15, 0.2) is 64.6 Å². The molecule has 0 aliphatic carbocycles. The van der Waals surface area contributed by atoms with Crippen LogP contribution in [-0.2, 0) is 10.8 Å². The van der Waals surface area contributed by atoms with E-state index in [9.17, 15) is 9.00 Å². The molecule has 1 aromatic carbocycles. The summed E-state index contributed by atoms with van der Waals surface area (Å²) in [6.07, 6.45) is 9.91. The van der Waals surface area contributed by atoms with Crippen molar-refractivity contribution in [3.63, 3.8) is 0 Å². The van der Waals surface area contributed by atoms with Gasteiger partial charge in [0.2, 0.25) is 0 Å². The molecule has 3 rings (SSSR count). The summed E-state index contributed by atoms with van der Waals surface area (Å²) in [7, 11) is -1.03. The largest absolute Gasteiger partial charge is 0.398 e. The maximum Gasteiger partial charge on any atom is 0.255 e. The SMILES string of the molecule is C=C/C(=C\C=C(/C)C(C)=C1CCN(C2CCN(C(=O)c3cccc(C)c3N)CC2)CC1)S(=O)C(C)C. The van der Waals surface area contributed by atoms with Crippen LogP contribution < -0.4 is 5.73 Å². The Morgan fingerprint density at radius 1 is 1.11 bits per heavy atom. The molecule has 0 aromatic heterocycles. The number of amides is 1. The number of aryl methyl sites for hydroxylation is 1. The smallest absolute Gasteiger partial charge is 0.255 e. The number of piperidine rings is 2. The fourth-order valence-corrected chi connectivity index (χ4v) is 6.02. The van der Waals surface area contributed by atoms with Crippen LogP contribution in [0.1, 0.15) is 69.3 Å². The molecule has 1 atom stereocenters. The van der Waals surface area contributed by atoms with Crippen LogP contribution in [0.5, 0.6) is 0 Å². The fraction of sp³-hybridized carbons (Fsp3) is 0.500. The number of para-hydroxylation sites is 1. The summed E-state index contributed by atoms with van der Waals surface area (Å²) < 4.78 is 12.4. The monoisotopic (exact) mass is 509 g/mol. The lowest BCUT2D eigenvalue weighted by molar-refractivity contribution is 0.0608. The highest BCUT2D eigenvalue weighted by Gasteiger charge is 2.29. The highest BCUT2D eigenvalue weighted by molar-refractivity contribution is 7.89. The van der Waals surface area contributed by atoms with Crippen molar-refractivity contribution in [2.45, 2.75) is 71.6 Å². The van der Waals surface area contributed by atoms with Gasteiger partial charge in [-0.3, -0.25) is 13.9 Å². The molecule has 2 aliphatic rings. The van der Waals surface area contributed by atoms with E-state index in [4.69, 9.17) is 5.73 Å². The van der Waals surface area contributed by atoms with Gasteiger partial charge in [0.15, 0.2) is 0 Å². The molecule has 1 unspecified atom stereocenters. The summed E-state index contributed by atoms with van der Waals surface area (Å²) >= 11 is 0. The van der Waals surface area contributed by atoms with Crippen molar-refractivity contribution in [2.75, 3.05) is 31.9 Å². The number of rotatable bonds is 7. The minimum Gasteiger partial charge on any atom is -0.398 e. The molecule has 196 valence electrons. The van der Waals surface area contributed by atoms with Crippen molar-refractivity contribution in [2.24, 2.45) is 0 Å². The predicted octanol–water partition coefficient (Wildman–Crippen LogP) is 5.77. The maximum atomic E-state index is 13.0. The first-order chi connectivity index (χ1) is 17.1. The minimum absolute atomic E-state index is 0.0577. The van der Waals surface area contributed by atoms with E-state index in [0.717, 1.165) is 62.3 Å². The summed E-state index contributed by atoms with van der Waals surface area (Å²) in [5.41, 5.74) is 12.4. The molecule has 2 aliphatic heterocycles. The van der Waals surface area contributed by atoms with Crippen molar-refractivity contribution < 1.29 is 9.00 Å². The Morgan fingerprint density at radius 3 is 2.33 bits per heavy atom.